The molecule has 7 nitrogen and oxygen atoms in total. The monoisotopic (exact) mass is 451 g/mol. The molecule has 1 rings (SSSR count). The van der Waals surface area contributed by atoms with Crippen LogP contribution in [0.3, 0.4) is 0 Å². The third kappa shape index (κ3) is 7.61. The third-order valence-electron chi connectivity index (χ3n) is 6.33. The van der Waals surface area contributed by atoms with Crippen LogP contribution in [0.15, 0.2) is 11.6 Å². The van der Waals surface area contributed by atoms with Crippen molar-refractivity contribution < 1.29 is 19.1 Å². The number of hydrogen-bond donors (Lipinski definition) is 1. The average molecular weight is 452 g/mol. The van der Waals surface area contributed by atoms with Crippen LogP contribution >= 0.6 is 0 Å². The van der Waals surface area contributed by atoms with Crippen molar-refractivity contribution in [2.24, 2.45) is 17.3 Å². The molecule has 1 N–H and O–H groups in total. The molecule has 1 aliphatic rings. The highest BCUT2D eigenvalue weighted by Crippen LogP contribution is 2.26. The highest BCUT2D eigenvalue weighted by atomic mass is 16.5. The van der Waals surface area contributed by atoms with E-state index in [1.807, 2.05) is 41.7 Å². The Morgan fingerprint density at radius 1 is 1.25 bits per heavy atom. The molecular weight excluding hydrogens is 406 g/mol. The standard InChI is InChI=1S/C25H45N3O4/c1-11-32-24(31)18(5)15-19(16(2)3)28(10)23(30)21(25(6,7)8)26-22(29)20-14-17(4)12-13-27(20)9/h15-17,19-21H,11-14H2,1-10H3,(H,26,29)/b18-15+/t17-,19?,20?,21?/m1/s1. The van der Waals surface area contributed by atoms with Gasteiger partial charge in [0.05, 0.1) is 18.7 Å². The van der Waals surface area contributed by atoms with Crippen LogP contribution in [0.25, 0.3) is 0 Å². The predicted octanol–water partition coefficient (Wildman–Crippen LogP) is 3.24. The number of nitrogens with zero attached hydrogens (tertiary/aromatic N) is 2. The van der Waals surface area contributed by atoms with Gasteiger partial charge < -0.3 is 15.0 Å². The minimum absolute atomic E-state index is 0.0787. The molecule has 0 radical (unpaired) electrons. The highest BCUT2D eigenvalue weighted by molar-refractivity contribution is 5.91. The van der Waals surface area contributed by atoms with Gasteiger partial charge in [-0.15, -0.1) is 0 Å². The summed E-state index contributed by atoms with van der Waals surface area (Å²) in [6, 6.07) is -1.21. The van der Waals surface area contributed by atoms with Crippen LogP contribution < -0.4 is 5.32 Å². The van der Waals surface area contributed by atoms with E-state index in [1.165, 1.54) is 0 Å². The van der Waals surface area contributed by atoms with E-state index in [2.05, 4.69) is 17.1 Å². The van der Waals surface area contributed by atoms with Crippen LogP contribution in [0.2, 0.25) is 0 Å². The maximum absolute atomic E-state index is 13.6. The number of piperidine rings is 1. The first-order valence-electron chi connectivity index (χ1n) is 11.8. The molecule has 184 valence electrons. The number of carbonyl (C=O) groups is 3. The first-order valence-corrected chi connectivity index (χ1v) is 11.8. The molecule has 1 aliphatic heterocycles. The van der Waals surface area contributed by atoms with E-state index < -0.39 is 11.5 Å². The zero-order valence-corrected chi connectivity index (χ0v) is 21.8. The largest absolute Gasteiger partial charge is 0.463 e. The van der Waals surface area contributed by atoms with Crippen molar-refractivity contribution in [1.29, 1.82) is 0 Å². The molecule has 1 heterocycles. The van der Waals surface area contributed by atoms with Gasteiger partial charge >= 0.3 is 5.97 Å². The van der Waals surface area contributed by atoms with Gasteiger partial charge in [-0.05, 0) is 57.5 Å². The second-order valence-corrected chi connectivity index (χ2v) is 10.7. The SMILES string of the molecule is CCOC(=O)/C(C)=C/C(C(C)C)N(C)C(=O)C(NC(=O)C1C[C@H](C)CCN1C)C(C)(C)C. The molecule has 1 saturated heterocycles. The second-order valence-electron chi connectivity index (χ2n) is 10.7. The van der Waals surface area contributed by atoms with Gasteiger partial charge in [-0.1, -0.05) is 47.6 Å². The Balaban J connectivity index is 3.12. The van der Waals surface area contributed by atoms with Gasteiger partial charge in [0.1, 0.15) is 6.04 Å². The van der Waals surface area contributed by atoms with Crippen LogP contribution in [0.4, 0.5) is 0 Å². The molecule has 0 aromatic carbocycles. The normalized spacial score (nSPS) is 22.3. The topological polar surface area (TPSA) is 79.0 Å². The summed E-state index contributed by atoms with van der Waals surface area (Å²) in [6.45, 7) is 16.7. The van der Waals surface area contributed by atoms with E-state index in [0.717, 1.165) is 19.4 Å². The molecule has 7 heteroatoms. The number of esters is 1. The van der Waals surface area contributed by atoms with E-state index in [9.17, 15) is 14.4 Å². The molecule has 32 heavy (non-hydrogen) atoms. The Kier molecular flexibility index (Phi) is 10.4. The number of hydrogen-bond acceptors (Lipinski definition) is 5. The summed E-state index contributed by atoms with van der Waals surface area (Å²) < 4.78 is 5.09. The van der Waals surface area contributed by atoms with Crippen molar-refractivity contribution in [3.63, 3.8) is 0 Å². The summed E-state index contributed by atoms with van der Waals surface area (Å²) >= 11 is 0. The van der Waals surface area contributed by atoms with Crippen LogP contribution in [0.1, 0.15) is 68.2 Å². The molecule has 4 atom stereocenters. The summed E-state index contributed by atoms with van der Waals surface area (Å²) in [6.07, 6.45) is 3.66. The van der Waals surface area contributed by atoms with Crippen LogP contribution in [-0.4, -0.2) is 73.0 Å². The van der Waals surface area contributed by atoms with Gasteiger partial charge in [0.2, 0.25) is 11.8 Å². The van der Waals surface area contributed by atoms with Crippen molar-refractivity contribution in [3.05, 3.63) is 11.6 Å². The Hall–Kier alpha value is -1.89. The lowest BCUT2D eigenvalue weighted by Crippen LogP contribution is -2.60. The molecule has 0 aliphatic carbocycles. The van der Waals surface area contributed by atoms with Gasteiger partial charge in [0.25, 0.3) is 0 Å². The smallest absolute Gasteiger partial charge is 0.333 e. The zero-order chi connectivity index (χ0) is 24.8. The fourth-order valence-electron chi connectivity index (χ4n) is 4.12. The Morgan fingerprint density at radius 3 is 2.34 bits per heavy atom. The van der Waals surface area contributed by atoms with Crippen molar-refractivity contribution in [2.45, 2.75) is 86.4 Å². The van der Waals surface area contributed by atoms with Crippen molar-refractivity contribution in [1.82, 2.24) is 15.1 Å². The Labute approximate surface area is 194 Å². The fourth-order valence-corrected chi connectivity index (χ4v) is 4.12. The molecule has 0 aromatic heterocycles. The number of likely N-dealkylation sites (tertiary alicyclic amines) is 1. The molecule has 1 fully saturated rings. The highest BCUT2D eigenvalue weighted by Gasteiger charge is 2.39. The van der Waals surface area contributed by atoms with Crippen LogP contribution in [0.5, 0.6) is 0 Å². The molecule has 0 saturated carbocycles. The minimum atomic E-state index is -0.678. The molecule has 2 amide bonds. The number of carbonyl (C=O) groups excluding carboxylic acids is 3. The maximum Gasteiger partial charge on any atom is 0.333 e. The summed E-state index contributed by atoms with van der Waals surface area (Å²) in [7, 11) is 3.70. The van der Waals surface area contributed by atoms with Gasteiger partial charge in [-0.3, -0.25) is 14.5 Å². The van der Waals surface area contributed by atoms with Crippen LogP contribution in [0, 0.1) is 17.3 Å². The molecule has 0 aromatic rings. The molecule has 0 spiro atoms. The van der Waals surface area contributed by atoms with Crippen molar-refractivity contribution >= 4 is 17.8 Å². The van der Waals surface area contributed by atoms with Gasteiger partial charge in [0.15, 0.2) is 0 Å². The maximum atomic E-state index is 13.6. The Morgan fingerprint density at radius 2 is 1.84 bits per heavy atom. The van der Waals surface area contributed by atoms with E-state index in [4.69, 9.17) is 4.74 Å². The summed E-state index contributed by atoms with van der Waals surface area (Å²) in [5.74, 6) is -0.0807. The van der Waals surface area contributed by atoms with Gasteiger partial charge in [-0.2, -0.15) is 0 Å². The first-order chi connectivity index (χ1) is 14.7. The quantitative estimate of drug-likeness (QED) is 0.453. The minimum Gasteiger partial charge on any atom is -0.463 e. The number of rotatable bonds is 8. The number of nitrogens with one attached hydrogen (secondary N) is 1. The second kappa shape index (κ2) is 11.8. The molecule has 0 bridgehead atoms. The van der Waals surface area contributed by atoms with E-state index >= 15 is 0 Å². The average Bonchev–Trinajstić information content (AvgIpc) is 2.69. The predicted molar refractivity (Wildman–Crippen MR) is 128 cm³/mol. The lowest BCUT2D eigenvalue weighted by molar-refractivity contribution is -0.142. The van der Waals surface area contributed by atoms with E-state index in [1.54, 1.807) is 31.9 Å². The lowest BCUT2D eigenvalue weighted by Gasteiger charge is -2.40. The first kappa shape index (κ1) is 28.1. The summed E-state index contributed by atoms with van der Waals surface area (Å²) in [5.41, 5.74) is 0.000687. The number of amides is 2. The van der Waals surface area contributed by atoms with Crippen molar-refractivity contribution in [3.8, 4) is 0 Å². The Bertz CT molecular complexity index is 696. The third-order valence-corrected chi connectivity index (χ3v) is 6.33. The summed E-state index contributed by atoms with van der Waals surface area (Å²) in [4.78, 5) is 42.6. The van der Waals surface area contributed by atoms with Crippen LogP contribution in [-0.2, 0) is 19.1 Å². The zero-order valence-electron chi connectivity index (χ0n) is 21.8. The molecular formula is C25H45N3O4. The van der Waals surface area contributed by atoms with Gasteiger partial charge in [0, 0.05) is 12.6 Å². The lowest BCUT2D eigenvalue weighted by atomic mass is 9.84. The van der Waals surface area contributed by atoms with E-state index in [-0.39, 0.29) is 35.8 Å². The fraction of sp³-hybridized carbons (Fsp3) is 0.800. The summed E-state index contributed by atoms with van der Waals surface area (Å²) in [5, 5.41) is 3.06. The number of ether oxygens (including phenoxy) is 1. The molecule has 3 unspecified atom stereocenters. The van der Waals surface area contributed by atoms with Crippen molar-refractivity contribution in [2.75, 3.05) is 27.2 Å². The number of likely N-dealkylation sites (N-methyl/N-ethyl adjacent to an activating group) is 2. The van der Waals surface area contributed by atoms with E-state index in [0.29, 0.717) is 18.1 Å². The van der Waals surface area contributed by atoms with Gasteiger partial charge in [-0.25, -0.2) is 4.79 Å².